The van der Waals surface area contributed by atoms with Crippen molar-refractivity contribution >= 4 is 17.7 Å². The maximum absolute atomic E-state index is 5.91. The largest absolute Gasteiger partial charge is 0.370 e. The molecule has 25 heavy (non-hydrogen) atoms. The van der Waals surface area contributed by atoms with E-state index in [-0.39, 0.29) is 6.10 Å². The van der Waals surface area contributed by atoms with Crippen molar-refractivity contribution < 1.29 is 4.74 Å². The van der Waals surface area contributed by atoms with Crippen LogP contribution >= 0.6 is 11.8 Å². The summed E-state index contributed by atoms with van der Waals surface area (Å²) in [6, 6.07) is 8.61. The van der Waals surface area contributed by atoms with Crippen molar-refractivity contribution in [1.29, 1.82) is 0 Å². The normalized spacial score (nSPS) is 18.4. The second-order valence-corrected chi connectivity index (χ2v) is 6.88. The number of hydrogen-bond donors (Lipinski definition) is 1. The Hall–Kier alpha value is -1.99. The first-order valence-corrected chi connectivity index (χ1v) is 9.60. The predicted molar refractivity (Wildman–Crippen MR) is 102 cm³/mol. The molecule has 1 atom stereocenters. The smallest absolute Gasteiger partial charge is 0.194 e. The molecule has 0 aliphatic carbocycles. The van der Waals surface area contributed by atoms with Crippen LogP contribution in [-0.2, 0) is 18.3 Å². The summed E-state index contributed by atoms with van der Waals surface area (Å²) in [5.74, 6) is 0.908. The molecule has 1 fully saturated rings. The van der Waals surface area contributed by atoms with Gasteiger partial charge in [-0.25, -0.2) is 0 Å². The van der Waals surface area contributed by atoms with Crippen LogP contribution in [0, 0.1) is 0 Å². The second-order valence-electron chi connectivity index (χ2n) is 6.00. The highest BCUT2D eigenvalue weighted by Crippen LogP contribution is 2.21. The van der Waals surface area contributed by atoms with Crippen molar-refractivity contribution in [2.75, 3.05) is 33.0 Å². The highest BCUT2D eigenvalue weighted by Gasteiger charge is 2.25. The molecule has 1 aromatic heterocycles. The molecule has 6 nitrogen and oxygen atoms in total. The minimum absolute atomic E-state index is 0.0295. The quantitative estimate of drug-likeness (QED) is 0.516. The van der Waals surface area contributed by atoms with Gasteiger partial charge >= 0.3 is 0 Å². The van der Waals surface area contributed by atoms with Crippen molar-refractivity contribution in [2.24, 2.45) is 12.0 Å². The van der Waals surface area contributed by atoms with E-state index < -0.39 is 0 Å². The number of rotatable bonds is 4. The first-order chi connectivity index (χ1) is 12.2. The first kappa shape index (κ1) is 17.8. The van der Waals surface area contributed by atoms with Gasteiger partial charge in [0.1, 0.15) is 6.10 Å². The van der Waals surface area contributed by atoms with Crippen LogP contribution in [0.4, 0.5) is 0 Å². The lowest BCUT2D eigenvalue weighted by molar-refractivity contribution is -0.00805. The summed E-state index contributed by atoms with van der Waals surface area (Å²) in [5.41, 5.74) is 2.35. The Morgan fingerprint density at radius 2 is 2.20 bits per heavy atom. The SMILES string of the molecule is CN=C(NCc1ccc(SC)cc1)N1CCOC(c2cnn(C)c2)C1. The predicted octanol–water partition coefficient (Wildman–Crippen LogP) is 2.29. The second kappa shape index (κ2) is 8.40. The lowest BCUT2D eigenvalue weighted by Gasteiger charge is -2.34. The average Bonchev–Trinajstić information content (AvgIpc) is 3.09. The highest BCUT2D eigenvalue weighted by molar-refractivity contribution is 7.98. The summed E-state index contributed by atoms with van der Waals surface area (Å²) < 4.78 is 7.72. The van der Waals surface area contributed by atoms with E-state index in [4.69, 9.17) is 4.74 Å². The molecule has 1 aliphatic heterocycles. The number of aliphatic imine (C=N–C) groups is 1. The molecule has 0 amide bonds. The number of nitrogens with one attached hydrogen (secondary N) is 1. The van der Waals surface area contributed by atoms with E-state index in [0.29, 0.717) is 6.61 Å². The Kier molecular flexibility index (Phi) is 5.99. The lowest BCUT2D eigenvalue weighted by atomic mass is 10.1. The lowest BCUT2D eigenvalue weighted by Crippen LogP contribution is -2.47. The molecule has 2 heterocycles. The fourth-order valence-corrected chi connectivity index (χ4v) is 3.31. The molecule has 0 saturated carbocycles. The van der Waals surface area contributed by atoms with E-state index in [0.717, 1.165) is 31.2 Å². The molecular formula is C18H25N5OS. The van der Waals surface area contributed by atoms with E-state index in [1.54, 1.807) is 11.8 Å². The van der Waals surface area contributed by atoms with Crippen molar-refractivity contribution in [2.45, 2.75) is 17.5 Å². The molecular weight excluding hydrogens is 334 g/mol. The number of benzene rings is 1. The van der Waals surface area contributed by atoms with Crippen LogP contribution in [-0.4, -0.2) is 53.6 Å². The van der Waals surface area contributed by atoms with Gasteiger partial charge in [-0.2, -0.15) is 5.10 Å². The number of ether oxygens (including phenoxy) is 1. The van der Waals surface area contributed by atoms with Gasteiger partial charge in [-0.15, -0.1) is 11.8 Å². The van der Waals surface area contributed by atoms with Gasteiger partial charge in [0.05, 0.1) is 19.3 Å². The molecule has 1 unspecified atom stereocenters. The highest BCUT2D eigenvalue weighted by atomic mass is 32.2. The topological polar surface area (TPSA) is 54.7 Å². The number of guanidine groups is 1. The average molecular weight is 359 g/mol. The Labute approximate surface area is 153 Å². The van der Waals surface area contributed by atoms with Crippen LogP contribution in [0.2, 0.25) is 0 Å². The molecule has 1 aromatic carbocycles. The fourth-order valence-electron chi connectivity index (χ4n) is 2.91. The Balaban J connectivity index is 1.60. The Bertz CT molecular complexity index is 713. The molecule has 1 saturated heterocycles. The summed E-state index contributed by atoms with van der Waals surface area (Å²) >= 11 is 1.76. The van der Waals surface area contributed by atoms with Crippen molar-refractivity contribution in [3.05, 3.63) is 47.8 Å². The standard InChI is InChI=1S/C18H25N5OS/c1-19-18(20-10-14-4-6-16(25-3)7-5-14)23-8-9-24-17(13-23)15-11-21-22(2)12-15/h4-7,11-12,17H,8-10,13H2,1-3H3,(H,19,20). The molecule has 7 heteroatoms. The zero-order valence-electron chi connectivity index (χ0n) is 15.0. The van der Waals surface area contributed by atoms with Gasteiger partial charge in [0, 0.05) is 43.8 Å². The van der Waals surface area contributed by atoms with Gasteiger partial charge in [-0.3, -0.25) is 9.67 Å². The van der Waals surface area contributed by atoms with E-state index >= 15 is 0 Å². The third-order valence-electron chi connectivity index (χ3n) is 4.28. The molecule has 134 valence electrons. The van der Waals surface area contributed by atoms with Gasteiger partial charge in [0.2, 0.25) is 0 Å². The molecule has 0 spiro atoms. The molecule has 1 N–H and O–H groups in total. The number of aryl methyl sites for hydroxylation is 1. The zero-order valence-corrected chi connectivity index (χ0v) is 15.8. The molecule has 3 rings (SSSR count). The number of thioether (sulfide) groups is 1. The van der Waals surface area contributed by atoms with Crippen LogP contribution < -0.4 is 5.32 Å². The number of hydrogen-bond acceptors (Lipinski definition) is 4. The first-order valence-electron chi connectivity index (χ1n) is 8.38. The number of aromatic nitrogens is 2. The molecule has 2 aromatic rings. The third-order valence-corrected chi connectivity index (χ3v) is 5.03. The number of morpholine rings is 1. The van der Waals surface area contributed by atoms with E-state index in [1.807, 2.05) is 31.2 Å². The van der Waals surface area contributed by atoms with Crippen LogP contribution in [0.25, 0.3) is 0 Å². The van der Waals surface area contributed by atoms with Gasteiger partial charge in [-0.05, 0) is 24.0 Å². The summed E-state index contributed by atoms with van der Waals surface area (Å²) in [6.45, 7) is 3.05. The molecule has 1 aliphatic rings. The summed E-state index contributed by atoms with van der Waals surface area (Å²) in [7, 11) is 3.75. The summed E-state index contributed by atoms with van der Waals surface area (Å²) in [6.07, 6.45) is 6.00. The number of nitrogens with zero attached hydrogens (tertiary/aromatic N) is 4. The van der Waals surface area contributed by atoms with Crippen molar-refractivity contribution in [3.8, 4) is 0 Å². The van der Waals surface area contributed by atoms with Crippen LogP contribution in [0.15, 0.2) is 46.5 Å². The molecule has 0 bridgehead atoms. The van der Waals surface area contributed by atoms with Gasteiger partial charge in [-0.1, -0.05) is 12.1 Å². The minimum Gasteiger partial charge on any atom is -0.370 e. The third kappa shape index (κ3) is 4.55. The van der Waals surface area contributed by atoms with Gasteiger partial charge < -0.3 is 15.0 Å². The van der Waals surface area contributed by atoms with E-state index in [9.17, 15) is 0 Å². The minimum atomic E-state index is 0.0295. The maximum Gasteiger partial charge on any atom is 0.194 e. The maximum atomic E-state index is 5.91. The summed E-state index contributed by atoms with van der Waals surface area (Å²) in [5, 5.41) is 7.71. The monoisotopic (exact) mass is 359 g/mol. The van der Waals surface area contributed by atoms with Crippen molar-refractivity contribution in [1.82, 2.24) is 20.0 Å². The fraction of sp³-hybridized carbons (Fsp3) is 0.444. The molecule has 0 radical (unpaired) electrons. The van der Waals surface area contributed by atoms with E-state index in [1.165, 1.54) is 10.5 Å². The Morgan fingerprint density at radius 1 is 1.40 bits per heavy atom. The van der Waals surface area contributed by atoms with Gasteiger partial charge in [0.25, 0.3) is 0 Å². The summed E-state index contributed by atoms with van der Waals surface area (Å²) in [4.78, 5) is 7.97. The van der Waals surface area contributed by atoms with Crippen LogP contribution in [0.3, 0.4) is 0 Å². The van der Waals surface area contributed by atoms with Gasteiger partial charge in [0.15, 0.2) is 5.96 Å². The Morgan fingerprint density at radius 3 is 2.84 bits per heavy atom. The van der Waals surface area contributed by atoms with E-state index in [2.05, 4.69) is 50.8 Å². The van der Waals surface area contributed by atoms with Crippen LogP contribution in [0.1, 0.15) is 17.2 Å². The van der Waals surface area contributed by atoms with Crippen LogP contribution in [0.5, 0.6) is 0 Å². The zero-order chi connectivity index (χ0) is 17.6. The van der Waals surface area contributed by atoms with Crippen molar-refractivity contribution in [3.63, 3.8) is 0 Å².